The molecule has 76 valence electrons. The van der Waals surface area contributed by atoms with Gasteiger partial charge in [0.25, 0.3) is 0 Å². The summed E-state index contributed by atoms with van der Waals surface area (Å²) in [6.07, 6.45) is 0. The van der Waals surface area contributed by atoms with Gasteiger partial charge >= 0.3 is 5.97 Å². The molecule has 2 N–H and O–H groups in total. The quantitative estimate of drug-likeness (QED) is 0.744. The van der Waals surface area contributed by atoms with Gasteiger partial charge in [-0.3, -0.25) is 4.79 Å². The Morgan fingerprint density at radius 1 is 1.64 bits per heavy atom. The Morgan fingerprint density at radius 3 is 2.79 bits per heavy atom. The van der Waals surface area contributed by atoms with E-state index in [1.165, 1.54) is 13.0 Å². The molecule has 0 aliphatic heterocycles. The number of aromatic nitrogens is 2. The third-order valence-electron chi connectivity index (χ3n) is 1.54. The smallest absolute Gasteiger partial charge is 0.325 e. The number of carbonyl (C=O) groups is 1. The van der Waals surface area contributed by atoms with E-state index in [-0.39, 0.29) is 5.15 Å². The molecule has 0 saturated carbocycles. The van der Waals surface area contributed by atoms with E-state index in [0.717, 1.165) is 0 Å². The third kappa shape index (κ3) is 2.85. The van der Waals surface area contributed by atoms with Crippen molar-refractivity contribution in [1.82, 2.24) is 9.97 Å². The molecule has 1 rings (SSSR count). The number of carboxylic acid groups (broad SMARTS) is 1. The summed E-state index contributed by atoms with van der Waals surface area (Å²) in [4.78, 5) is 18.4. The van der Waals surface area contributed by atoms with Gasteiger partial charge in [0.15, 0.2) is 0 Å². The van der Waals surface area contributed by atoms with E-state index in [9.17, 15) is 4.79 Å². The second-order valence-electron chi connectivity index (χ2n) is 2.83. The van der Waals surface area contributed by atoms with Crippen molar-refractivity contribution in [3.05, 3.63) is 17.0 Å². The number of anilines is 1. The van der Waals surface area contributed by atoms with Gasteiger partial charge in [0.2, 0.25) is 0 Å². The fraction of sp³-hybridized carbons (Fsp3) is 0.375. The van der Waals surface area contributed by atoms with Gasteiger partial charge in [-0.15, -0.1) is 0 Å². The first-order valence-electron chi connectivity index (χ1n) is 3.99. The minimum absolute atomic E-state index is 0.289. The molecule has 0 fully saturated rings. The van der Waals surface area contributed by atoms with Crippen molar-refractivity contribution in [2.24, 2.45) is 0 Å². The van der Waals surface area contributed by atoms with Crippen LogP contribution >= 0.6 is 11.6 Å². The van der Waals surface area contributed by atoms with Crippen LogP contribution in [0.25, 0.3) is 0 Å². The molecule has 0 aliphatic carbocycles. The van der Waals surface area contributed by atoms with Gasteiger partial charge in [-0.2, -0.15) is 0 Å². The van der Waals surface area contributed by atoms with Crippen LogP contribution in [0.3, 0.4) is 0 Å². The summed E-state index contributed by atoms with van der Waals surface area (Å²) in [5.41, 5.74) is 0. The minimum Gasteiger partial charge on any atom is -0.480 e. The van der Waals surface area contributed by atoms with Gasteiger partial charge < -0.3 is 10.4 Å². The fourth-order valence-corrected chi connectivity index (χ4v) is 1.11. The summed E-state index contributed by atoms with van der Waals surface area (Å²) in [6, 6.07) is 0.772. The van der Waals surface area contributed by atoms with Crippen molar-refractivity contribution >= 4 is 23.4 Å². The van der Waals surface area contributed by atoms with Crippen molar-refractivity contribution in [1.29, 1.82) is 0 Å². The molecular weight excluding hydrogens is 206 g/mol. The van der Waals surface area contributed by atoms with Crippen LogP contribution in [0.2, 0.25) is 5.15 Å². The zero-order chi connectivity index (χ0) is 10.7. The highest BCUT2D eigenvalue weighted by Gasteiger charge is 2.11. The highest BCUT2D eigenvalue weighted by molar-refractivity contribution is 6.29. The topological polar surface area (TPSA) is 75.1 Å². The maximum absolute atomic E-state index is 10.5. The SMILES string of the molecule is Cc1nc(Cl)cc(N[C@@H](C)C(=O)O)n1. The van der Waals surface area contributed by atoms with Crippen LogP contribution in [-0.2, 0) is 4.79 Å². The Morgan fingerprint density at radius 2 is 2.29 bits per heavy atom. The largest absolute Gasteiger partial charge is 0.480 e. The van der Waals surface area contributed by atoms with E-state index in [4.69, 9.17) is 16.7 Å². The van der Waals surface area contributed by atoms with E-state index < -0.39 is 12.0 Å². The Kier molecular flexibility index (Phi) is 3.24. The average molecular weight is 216 g/mol. The maximum atomic E-state index is 10.5. The molecule has 0 aromatic carbocycles. The lowest BCUT2D eigenvalue weighted by atomic mass is 10.3. The molecule has 14 heavy (non-hydrogen) atoms. The average Bonchev–Trinajstić information content (AvgIpc) is 2.01. The van der Waals surface area contributed by atoms with Crippen LogP contribution < -0.4 is 5.32 Å². The van der Waals surface area contributed by atoms with Gasteiger partial charge in [-0.1, -0.05) is 11.6 Å². The third-order valence-corrected chi connectivity index (χ3v) is 1.74. The second kappa shape index (κ2) is 4.23. The maximum Gasteiger partial charge on any atom is 0.325 e. The molecule has 0 bridgehead atoms. The lowest BCUT2D eigenvalue weighted by molar-refractivity contribution is -0.137. The van der Waals surface area contributed by atoms with E-state index >= 15 is 0 Å². The molecule has 1 aromatic rings. The summed E-state index contributed by atoms with van der Waals surface area (Å²) in [7, 11) is 0. The van der Waals surface area contributed by atoms with E-state index in [0.29, 0.717) is 11.6 Å². The van der Waals surface area contributed by atoms with Crippen LogP contribution in [0.5, 0.6) is 0 Å². The zero-order valence-electron chi connectivity index (χ0n) is 7.78. The highest BCUT2D eigenvalue weighted by Crippen LogP contribution is 2.11. The van der Waals surface area contributed by atoms with E-state index in [1.807, 2.05) is 0 Å². The fourth-order valence-electron chi connectivity index (χ4n) is 0.889. The molecule has 0 saturated heterocycles. The summed E-state index contributed by atoms with van der Waals surface area (Å²) >= 11 is 5.67. The highest BCUT2D eigenvalue weighted by atomic mass is 35.5. The summed E-state index contributed by atoms with van der Waals surface area (Å²) in [5, 5.41) is 11.6. The molecule has 1 atom stereocenters. The molecule has 0 amide bonds. The van der Waals surface area contributed by atoms with Crippen LogP contribution in [0, 0.1) is 6.92 Å². The second-order valence-corrected chi connectivity index (χ2v) is 3.21. The Hall–Kier alpha value is -1.36. The summed E-state index contributed by atoms with van der Waals surface area (Å²) in [6.45, 7) is 3.20. The predicted molar refractivity (Wildman–Crippen MR) is 52.5 cm³/mol. The molecule has 6 heteroatoms. The normalized spacial score (nSPS) is 12.2. The molecule has 0 radical (unpaired) electrons. The van der Waals surface area contributed by atoms with Crippen LogP contribution in [0.1, 0.15) is 12.7 Å². The van der Waals surface area contributed by atoms with Crippen LogP contribution in [0.15, 0.2) is 6.07 Å². The predicted octanol–water partition coefficient (Wildman–Crippen LogP) is 1.32. The molecule has 1 heterocycles. The molecule has 0 spiro atoms. The summed E-state index contributed by atoms with van der Waals surface area (Å²) < 4.78 is 0. The van der Waals surface area contributed by atoms with Gasteiger partial charge in [-0.05, 0) is 13.8 Å². The van der Waals surface area contributed by atoms with Crippen LogP contribution in [0.4, 0.5) is 5.82 Å². The lowest BCUT2D eigenvalue weighted by Gasteiger charge is -2.09. The number of hydrogen-bond acceptors (Lipinski definition) is 4. The van der Waals surface area contributed by atoms with Crippen molar-refractivity contribution in [2.75, 3.05) is 5.32 Å². The van der Waals surface area contributed by atoms with Gasteiger partial charge in [0, 0.05) is 6.07 Å². The monoisotopic (exact) mass is 215 g/mol. The van der Waals surface area contributed by atoms with Crippen molar-refractivity contribution < 1.29 is 9.90 Å². The zero-order valence-corrected chi connectivity index (χ0v) is 8.54. The number of carboxylic acids is 1. The number of aryl methyl sites for hydroxylation is 1. The Bertz CT molecular complexity index is 336. The molecule has 0 aliphatic rings. The summed E-state index contributed by atoms with van der Waals surface area (Å²) in [5.74, 6) is -0.0348. The van der Waals surface area contributed by atoms with Gasteiger partial charge in [-0.25, -0.2) is 9.97 Å². The number of hydrogen-bond donors (Lipinski definition) is 2. The Balaban J connectivity index is 2.81. The minimum atomic E-state index is -0.947. The number of aliphatic carboxylic acids is 1. The molecule has 5 nitrogen and oxygen atoms in total. The number of halogens is 1. The number of nitrogens with one attached hydrogen (secondary N) is 1. The molecule has 0 unspecified atom stereocenters. The standard InChI is InChI=1S/C8H10ClN3O2/c1-4(8(13)14)10-7-3-6(9)11-5(2)12-7/h3-4H,1-2H3,(H,13,14)(H,10,11,12)/t4-/m0/s1. The molecule has 1 aromatic heterocycles. The first-order valence-corrected chi connectivity index (χ1v) is 4.37. The van der Waals surface area contributed by atoms with Crippen molar-refractivity contribution in [3.63, 3.8) is 0 Å². The molecular formula is C8H10ClN3O2. The Labute approximate surface area is 86.1 Å². The first-order chi connectivity index (χ1) is 6.49. The van der Waals surface area contributed by atoms with E-state index in [1.54, 1.807) is 6.92 Å². The first kappa shape index (κ1) is 10.7. The number of rotatable bonds is 3. The number of nitrogens with zero attached hydrogens (tertiary/aromatic N) is 2. The lowest BCUT2D eigenvalue weighted by Crippen LogP contribution is -2.26. The van der Waals surface area contributed by atoms with Gasteiger partial charge in [0.05, 0.1) is 0 Å². The van der Waals surface area contributed by atoms with Crippen LogP contribution in [-0.4, -0.2) is 27.1 Å². The van der Waals surface area contributed by atoms with Crippen molar-refractivity contribution in [2.45, 2.75) is 19.9 Å². The van der Waals surface area contributed by atoms with Crippen molar-refractivity contribution in [3.8, 4) is 0 Å². The van der Waals surface area contributed by atoms with E-state index in [2.05, 4.69) is 15.3 Å². The van der Waals surface area contributed by atoms with Gasteiger partial charge in [0.1, 0.15) is 22.8 Å².